The van der Waals surface area contributed by atoms with Crippen LogP contribution in [0.3, 0.4) is 0 Å². The summed E-state index contributed by atoms with van der Waals surface area (Å²) < 4.78 is 4.78. The fraction of sp³-hybridized carbons (Fsp3) is 0.0625. The SMILES string of the molecule is NCc1nocc1C(=O)Nc1ccc(Sc2ccccn2)c(Cl)c1. The number of hydrogen-bond acceptors (Lipinski definition) is 6. The second-order valence-electron chi connectivity index (χ2n) is 4.75. The molecule has 24 heavy (non-hydrogen) atoms. The fourth-order valence-electron chi connectivity index (χ4n) is 1.97. The van der Waals surface area contributed by atoms with E-state index in [2.05, 4.69) is 15.5 Å². The molecule has 0 saturated heterocycles. The van der Waals surface area contributed by atoms with E-state index in [4.69, 9.17) is 21.9 Å². The van der Waals surface area contributed by atoms with Gasteiger partial charge in [0.1, 0.15) is 22.5 Å². The lowest BCUT2D eigenvalue weighted by molar-refractivity contribution is 0.102. The van der Waals surface area contributed by atoms with E-state index in [9.17, 15) is 4.79 Å². The third-order valence-corrected chi connectivity index (χ3v) is 4.58. The number of pyridine rings is 1. The highest BCUT2D eigenvalue weighted by atomic mass is 35.5. The molecule has 0 aliphatic carbocycles. The molecule has 0 bridgehead atoms. The van der Waals surface area contributed by atoms with Crippen molar-refractivity contribution in [2.75, 3.05) is 5.32 Å². The monoisotopic (exact) mass is 360 g/mol. The van der Waals surface area contributed by atoms with Gasteiger partial charge in [0, 0.05) is 23.3 Å². The quantitative estimate of drug-likeness (QED) is 0.722. The maximum absolute atomic E-state index is 12.2. The molecule has 3 rings (SSSR count). The molecule has 6 nitrogen and oxygen atoms in total. The van der Waals surface area contributed by atoms with Crippen LogP contribution in [-0.2, 0) is 6.54 Å². The number of carbonyl (C=O) groups is 1. The Morgan fingerprint density at radius 1 is 1.33 bits per heavy atom. The molecule has 1 amide bonds. The molecule has 0 aliphatic rings. The molecule has 0 aliphatic heterocycles. The van der Waals surface area contributed by atoms with Crippen LogP contribution >= 0.6 is 23.4 Å². The number of benzene rings is 1. The number of rotatable bonds is 5. The Balaban J connectivity index is 1.74. The van der Waals surface area contributed by atoms with E-state index in [1.165, 1.54) is 18.0 Å². The van der Waals surface area contributed by atoms with Crippen molar-refractivity contribution in [3.63, 3.8) is 0 Å². The molecule has 2 aromatic heterocycles. The van der Waals surface area contributed by atoms with E-state index in [0.717, 1.165) is 9.92 Å². The highest BCUT2D eigenvalue weighted by Gasteiger charge is 2.15. The molecule has 122 valence electrons. The number of nitrogens with zero attached hydrogens (tertiary/aromatic N) is 2. The van der Waals surface area contributed by atoms with Crippen LogP contribution in [0, 0.1) is 0 Å². The van der Waals surface area contributed by atoms with Gasteiger partial charge in [-0.15, -0.1) is 0 Å². The number of halogens is 1. The second-order valence-corrected chi connectivity index (χ2v) is 6.22. The third-order valence-electron chi connectivity index (χ3n) is 3.12. The van der Waals surface area contributed by atoms with Crippen LogP contribution in [0.5, 0.6) is 0 Å². The molecule has 3 N–H and O–H groups in total. The summed E-state index contributed by atoms with van der Waals surface area (Å²) in [6, 6.07) is 10.9. The van der Waals surface area contributed by atoms with Crippen molar-refractivity contribution in [1.29, 1.82) is 0 Å². The minimum Gasteiger partial charge on any atom is -0.364 e. The summed E-state index contributed by atoms with van der Waals surface area (Å²) in [5, 5.41) is 7.79. The predicted molar refractivity (Wildman–Crippen MR) is 92.2 cm³/mol. The van der Waals surface area contributed by atoms with Gasteiger partial charge < -0.3 is 15.6 Å². The maximum atomic E-state index is 12.2. The summed E-state index contributed by atoms with van der Waals surface area (Å²) in [6.45, 7) is 0.125. The molecular weight excluding hydrogens is 348 g/mol. The highest BCUT2D eigenvalue weighted by Crippen LogP contribution is 2.33. The number of aromatic nitrogens is 2. The molecule has 3 aromatic rings. The van der Waals surface area contributed by atoms with Crippen molar-refractivity contribution in [3.8, 4) is 0 Å². The first-order valence-corrected chi connectivity index (χ1v) is 8.20. The third kappa shape index (κ3) is 3.76. The molecule has 8 heteroatoms. The van der Waals surface area contributed by atoms with Crippen LogP contribution in [0.25, 0.3) is 0 Å². The zero-order chi connectivity index (χ0) is 16.9. The molecule has 1 aromatic carbocycles. The van der Waals surface area contributed by atoms with Gasteiger partial charge in [-0.3, -0.25) is 4.79 Å². The van der Waals surface area contributed by atoms with Gasteiger partial charge in [-0.1, -0.05) is 34.6 Å². The van der Waals surface area contributed by atoms with Gasteiger partial charge in [0.25, 0.3) is 5.91 Å². The van der Waals surface area contributed by atoms with E-state index in [1.54, 1.807) is 18.3 Å². The Morgan fingerprint density at radius 2 is 2.21 bits per heavy atom. The molecule has 0 unspecified atom stereocenters. The summed E-state index contributed by atoms with van der Waals surface area (Å²) in [5.74, 6) is -0.349. The van der Waals surface area contributed by atoms with Crippen LogP contribution in [0.15, 0.2) is 63.3 Å². The van der Waals surface area contributed by atoms with E-state index in [-0.39, 0.29) is 12.5 Å². The molecule has 2 heterocycles. The Kier molecular flexibility index (Phi) is 5.14. The summed E-state index contributed by atoms with van der Waals surface area (Å²) in [4.78, 5) is 17.3. The topological polar surface area (TPSA) is 94.0 Å². The number of amides is 1. The van der Waals surface area contributed by atoms with Gasteiger partial charge in [0.15, 0.2) is 0 Å². The molecule has 0 spiro atoms. The van der Waals surface area contributed by atoms with E-state index >= 15 is 0 Å². The number of nitrogens with one attached hydrogen (secondary N) is 1. The number of nitrogens with two attached hydrogens (primary N) is 1. The van der Waals surface area contributed by atoms with Gasteiger partial charge in [-0.25, -0.2) is 4.98 Å². The summed E-state index contributed by atoms with van der Waals surface area (Å²) in [5.41, 5.74) is 6.79. The minimum absolute atomic E-state index is 0.125. The van der Waals surface area contributed by atoms with Gasteiger partial charge in [0.05, 0.1) is 5.02 Å². The van der Waals surface area contributed by atoms with E-state index in [1.807, 2.05) is 24.3 Å². The molecule has 0 atom stereocenters. The largest absolute Gasteiger partial charge is 0.364 e. The Hall–Kier alpha value is -2.35. The van der Waals surface area contributed by atoms with Crippen molar-refractivity contribution < 1.29 is 9.32 Å². The molecule has 0 saturated carbocycles. The second kappa shape index (κ2) is 7.48. The van der Waals surface area contributed by atoms with Crippen LogP contribution in [0.2, 0.25) is 5.02 Å². The Bertz CT molecular complexity index is 854. The average Bonchev–Trinajstić information content (AvgIpc) is 3.07. The zero-order valence-electron chi connectivity index (χ0n) is 12.4. The van der Waals surface area contributed by atoms with E-state index in [0.29, 0.717) is 22.0 Å². The van der Waals surface area contributed by atoms with Crippen LogP contribution in [-0.4, -0.2) is 16.0 Å². The van der Waals surface area contributed by atoms with Crippen molar-refractivity contribution in [2.45, 2.75) is 16.5 Å². The molecular formula is C16H13ClN4O2S. The van der Waals surface area contributed by atoms with E-state index < -0.39 is 0 Å². The highest BCUT2D eigenvalue weighted by molar-refractivity contribution is 7.99. The van der Waals surface area contributed by atoms with Crippen molar-refractivity contribution >= 4 is 35.0 Å². The lowest BCUT2D eigenvalue weighted by Crippen LogP contribution is -2.14. The van der Waals surface area contributed by atoms with Crippen molar-refractivity contribution in [2.24, 2.45) is 5.73 Å². The van der Waals surface area contributed by atoms with Gasteiger partial charge in [-0.05, 0) is 30.3 Å². The van der Waals surface area contributed by atoms with Crippen LogP contribution in [0.4, 0.5) is 5.69 Å². The van der Waals surface area contributed by atoms with Crippen LogP contribution in [0.1, 0.15) is 16.1 Å². The average molecular weight is 361 g/mol. The van der Waals surface area contributed by atoms with Gasteiger partial charge >= 0.3 is 0 Å². The first kappa shape index (κ1) is 16.5. The van der Waals surface area contributed by atoms with Gasteiger partial charge in [0.2, 0.25) is 0 Å². The van der Waals surface area contributed by atoms with Gasteiger partial charge in [-0.2, -0.15) is 0 Å². The number of carbonyl (C=O) groups excluding carboxylic acids is 1. The fourth-order valence-corrected chi connectivity index (χ4v) is 3.05. The predicted octanol–water partition coefficient (Wildman–Crippen LogP) is 3.59. The summed E-state index contributed by atoms with van der Waals surface area (Å²) in [6.07, 6.45) is 2.99. The van der Waals surface area contributed by atoms with Crippen molar-refractivity contribution in [3.05, 3.63) is 65.1 Å². The summed E-state index contributed by atoms with van der Waals surface area (Å²) >= 11 is 7.74. The number of hydrogen-bond donors (Lipinski definition) is 2. The molecule has 0 radical (unpaired) electrons. The minimum atomic E-state index is -0.349. The standard InChI is InChI=1S/C16H13ClN4O2S/c17-12-7-10(20-16(22)11-9-23-21-13(11)8-18)4-5-14(12)24-15-3-1-2-6-19-15/h1-7,9H,8,18H2,(H,20,22). The number of anilines is 1. The Morgan fingerprint density at radius 3 is 2.92 bits per heavy atom. The first-order chi connectivity index (χ1) is 11.7. The normalized spacial score (nSPS) is 10.6. The zero-order valence-corrected chi connectivity index (χ0v) is 14.0. The lowest BCUT2D eigenvalue weighted by Gasteiger charge is -2.08. The lowest BCUT2D eigenvalue weighted by atomic mass is 10.2. The molecule has 0 fully saturated rings. The van der Waals surface area contributed by atoms with Crippen molar-refractivity contribution in [1.82, 2.24) is 10.1 Å². The first-order valence-electron chi connectivity index (χ1n) is 7.00. The smallest absolute Gasteiger partial charge is 0.260 e. The van der Waals surface area contributed by atoms with Crippen LogP contribution < -0.4 is 11.1 Å². The maximum Gasteiger partial charge on any atom is 0.260 e. The summed E-state index contributed by atoms with van der Waals surface area (Å²) in [7, 11) is 0. The Labute approximate surface area is 147 Å².